The Hall–Kier alpha value is -0.330. The van der Waals surface area contributed by atoms with Crippen molar-refractivity contribution in [3.63, 3.8) is 0 Å². The van der Waals surface area contributed by atoms with Gasteiger partial charge < -0.3 is 10.2 Å². The first kappa shape index (κ1) is 18.7. The third kappa shape index (κ3) is 3.71. The first-order chi connectivity index (χ1) is 9.38. The summed E-state index contributed by atoms with van der Waals surface area (Å²) >= 11 is 0. The average Bonchev–Trinajstić information content (AvgIpc) is 2.46. The van der Waals surface area contributed by atoms with Gasteiger partial charge in [0.15, 0.2) is 14.6 Å². The molecule has 0 unspecified atom stereocenters. The van der Waals surface area contributed by atoms with Gasteiger partial charge in [-0.1, -0.05) is 19.3 Å². The average molecular weight is 339 g/mol. The maximum atomic E-state index is 12.9. The lowest BCUT2D eigenvalue weighted by atomic mass is 9.91. The summed E-state index contributed by atoms with van der Waals surface area (Å²) in [5.74, 6) is -0.187. The monoisotopic (exact) mass is 338 g/mol. The highest BCUT2D eigenvalue weighted by molar-refractivity contribution is 7.92. The minimum atomic E-state index is -3.40. The minimum absolute atomic E-state index is 0. The summed E-state index contributed by atoms with van der Waals surface area (Å²) in [6.45, 7) is 1.19. The van der Waals surface area contributed by atoms with Crippen molar-refractivity contribution >= 4 is 28.2 Å². The fraction of sp³-hybridized carbons (Fsp3) is 0.929. The van der Waals surface area contributed by atoms with Gasteiger partial charge in [0, 0.05) is 19.3 Å². The first-order valence-electron chi connectivity index (χ1n) is 7.56. The predicted molar refractivity (Wildman–Crippen MR) is 86.6 cm³/mol. The molecule has 1 saturated carbocycles. The number of halogens is 1. The number of piperidine rings is 1. The number of rotatable bonds is 3. The summed E-state index contributed by atoms with van der Waals surface area (Å²) in [5, 5.41) is 3.15. The lowest BCUT2D eigenvalue weighted by molar-refractivity contribution is -0.136. The van der Waals surface area contributed by atoms with E-state index in [1.165, 1.54) is 12.7 Å². The predicted octanol–water partition coefficient (Wildman–Crippen LogP) is 1.37. The van der Waals surface area contributed by atoms with Gasteiger partial charge in [-0.25, -0.2) is 8.42 Å². The van der Waals surface area contributed by atoms with E-state index in [4.69, 9.17) is 0 Å². The van der Waals surface area contributed by atoms with E-state index in [2.05, 4.69) is 5.32 Å². The van der Waals surface area contributed by atoms with Gasteiger partial charge in [0.25, 0.3) is 0 Å². The lowest BCUT2D eigenvalue weighted by Crippen LogP contribution is -2.59. The Labute approximate surface area is 134 Å². The first-order valence-corrected chi connectivity index (χ1v) is 9.45. The Balaban J connectivity index is 0.00000220. The Bertz CT molecular complexity index is 455. The molecule has 1 N–H and O–H groups in total. The van der Waals surface area contributed by atoms with E-state index in [1.54, 1.807) is 11.9 Å². The number of nitrogens with zero attached hydrogens (tertiary/aromatic N) is 1. The van der Waals surface area contributed by atoms with E-state index in [-0.39, 0.29) is 24.4 Å². The van der Waals surface area contributed by atoms with Crippen molar-refractivity contribution in [2.24, 2.45) is 0 Å². The summed E-state index contributed by atoms with van der Waals surface area (Å²) < 4.78 is 23.3. The number of nitrogens with one attached hydrogen (secondary N) is 1. The van der Waals surface area contributed by atoms with Crippen LogP contribution in [0.4, 0.5) is 0 Å². The van der Waals surface area contributed by atoms with E-state index in [0.29, 0.717) is 25.9 Å². The molecule has 1 saturated heterocycles. The highest BCUT2D eigenvalue weighted by Gasteiger charge is 2.50. The molecule has 0 radical (unpaired) electrons. The van der Waals surface area contributed by atoms with Crippen LogP contribution in [0.3, 0.4) is 0 Å². The van der Waals surface area contributed by atoms with Crippen molar-refractivity contribution in [3.8, 4) is 0 Å². The zero-order valence-corrected chi connectivity index (χ0v) is 14.6. The van der Waals surface area contributed by atoms with Crippen molar-refractivity contribution in [2.75, 3.05) is 26.4 Å². The smallest absolute Gasteiger partial charge is 0.244 e. The molecule has 1 aliphatic heterocycles. The molecule has 1 amide bonds. The van der Waals surface area contributed by atoms with Crippen molar-refractivity contribution < 1.29 is 13.2 Å². The number of hydrogen-bond donors (Lipinski definition) is 1. The molecule has 7 heteroatoms. The highest BCUT2D eigenvalue weighted by atomic mass is 35.5. The van der Waals surface area contributed by atoms with Gasteiger partial charge >= 0.3 is 0 Å². The zero-order valence-electron chi connectivity index (χ0n) is 12.9. The Kier molecular flexibility index (Phi) is 6.50. The molecule has 0 aromatic carbocycles. The number of hydrogen-bond acceptors (Lipinski definition) is 4. The molecule has 2 aliphatic rings. The van der Waals surface area contributed by atoms with Crippen LogP contribution in [0.25, 0.3) is 0 Å². The fourth-order valence-electron chi connectivity index (χ4n) is 3.53. The molecule has 0 aromatic rings. The SMILES string of the molecule is CN(C(=O)C1(S(C)(=O)=O)CCNCC1)C1CCCCC1.Cl. The van der Waals surface area contributed by atoms with Crippen LogP contribution in [-0.2, 0) is 14.6 Å². The van der Waals surface area contributed by atoms with Crippen LogP contribution in [-0.4, -0.2) is 56.4 Å². The van der Waals surface area contributed by atoms with E-state index >= 15 is 0 Å². The molecule has 0 aromatic heterocycles. The topological polar surface area (TPSA) is 66.5 Å². The van der Waals surface area contributed by atoms with Gasteiger partial charge in [-0.05, 0) is 38.8 Å². The summed E-state index contributed by atoms with van der Waals surface area (Å²) in [6.07, 6.45) is 7.49. The van der Waals surface area contributed by atoms with Gasteiger partial charge in [-0.3, -0.25) is 4.79 Å². The van der Waals surface area contributed by atoms with Crippen LogP contribution in [0.5, 0.6) is 0 Å². The van der Waals surface area contributed by atoms with Crippen LogP contribution < -0.4 is 5.32 Å². The number of amides is 1. The lowest BCUT2D eigenvalue weighted by Gasteiger charge is -2.40. The van der Waals surface area contributed by atoms with Crippen LogP contribution in [0.15, 0.2) is 0 Å². The van der Waals surface area contributed by atoms with E-state index in [9.17, 15) is 13.2 Å². The largest absolute Gasteiger partial charge is 0.341 e. The summed E-state index contributed by atoms with van der Waals surface area (Å²) in [7, 11) is -1.62. The molecule has 1 aliphatic carbocycles. The molecule has 0 bridgehead atoms. The fourth-order valence-corrected chi connectivity index (χ4v) is 4.94. The Morgan fingerprint density at radius 3 is 2.14 bits per heavy atom. The molecule has 5 nitrogen and oxygen atoms in total. The second-order valence-corrected chi connectivity index (χ2v) is 8.55. The van der Waals surface area contributed by atoms with Crippen molar-refractivity contribution in [1.82, 2.24) is 10.2 Å². The third-order valence-electron chi connectivity index (χ3n) is 4.95. The maximum Gasteiger partial charge on any atom is 0.244 e. The maximum absolute atomic E-state index is 12.9. The van der Waals surface area contributed by atoms with E-state index in [0.717, 1.165) is 25.7 Å². The Morgan fingerprint density at radius 1 is 1.14 bits per heavy atom. The zero-order chi connectivity index (χ0) is 14.8. The van der Waals surface area contributed by atoms with Crippen molar-refractivity contribution in [2.45, 2.75) is 55.7 Å². The van der Waals surface area contributed by atoms with E-state index < -0.39 is 14.6 Å². The Morgan fingerprint density at radius 2 is 1.67 bits per heavy atom. The molecule has 2 fully saturated rings. The minimum Gasteiger partial charge on any atom is -0.341 e. The molecular weight excluding hydrogens is 312 g/mol. The molecular formula is C14H27ClN2O3S. The molecule has 124 valence electrons. The van der Waals surface area contributed by atoms with Crippen LogP contribution >= 0.6 is 12.4 Å². The standard InChI is InChI=1S/C14H26N2O3S.ClH/c1-16(12-6-4-3-5-7-12)13(17)14(20(2,18)19)8-10-15-11-9-14;/h12,15H,3-11H2,1-2H3;1H. The molecule has 21 heavy (non-hydrogen) atoms. The van der Waals surface area contributed by atoms with Gasteiger partial charge in [0.1, 0.15) is 0 Å². The third-order valence-corrected chi connectivity index (χ3v) is 6.96. The van der Waals surface area contributed by atoms with Gasteiger partial charge in [0.2, 0.25) is 5.91 Å². The second kappa shape index (κ2) is 7.29. The number of carbonyl (C=O) groups excluding carboxylic acids is 1. The van der Waals surface area contributed by atoms with Gasteiger partial charge in [-0.2, -0.15) is 0 Å². The quantitative estimate of drug-likeness (QED) is 0.844. The van der Waals surface area contributed by atoms with Gasteiger partial charge in [-0.15, -0.1) is 12.4 Å². The normalized spacial score (nSPS) is 23.1. The van der Waals surface area contributed by atoms with Crippen LogP contribution in [0.2, 0.25) is 0 Å². The summed E-state index contributed by atoms with van der Waals surface area (Å²) in [4.78, 5) is 14.6. The van der Waals surface area contributed by atoms with Crippen LogP contribution in [0, 0.1) is 0 Å². The number of sulfone groups is 1. The molecule has 2 rings (SSSR count). The van der Waals surface area contributed by atoms with Crippen molar-refractivity contribution in [1.29, 1.82) is 0 Å². The molecule has 1 heterocycles. The summed E-state index contributed by atoms with van der Waals surface area (Å²) in [5.41, 5.74) is 0. The van der Waals surface area contributed by atoms with Crippen LogP contribution in [0.1, 0.15) is 44.9 Å². The highest BCUT2D eigenvalue weighted by Crippen LogP contribution is 2.32. The van der Waals surface area contributed by atoms with Gasteiger partial charge in [0.05, 0.1) is 0 Å². The molecule has 0 spiro atoms. The second-order valence-electron chi connectivity index (χ2n) is 6.22. The van der Waals surface area contributed by atoms with Crippen molar-refractivity contribution in [3.05, 3.63) is 0 Å². The molecule has 0 atom stereocenters. The summed E-state index contributed by atoms with van der Waals surface area (Å²) in [6, 6.07) is 0.213. The van der Waals surface area contributed by atoms with E-state index in [1.807, 2.05) is 0 Å². The number of carbonyl (C=O) groups is 1.